The molecule has 1 aliphatic carbocycles. The molecule has 2 aliphatic rings. The minimum Gasteiger partial charge on any atom is -0.319 e. The minimum absolute atomic E-state index is 0.00991. The number of nitrogens with zero attached hydrogens (tertiary/aromatic N) is 1. The first-order valence-electron chi connectivity index (χ1n) is 7.56. The van der Waals surface area contributed by atoms with Crippen molar-refractivity contribution >= 4 is 17.5 Å². The summed E-state index contributed by atoms with van der Waals surface area (Å²) in [6.07, 6.45) is 7.31. The first kappa shape index (κ1) is 13.9. The van der Waals surface area contributed by atoms with Crippen molar-refractivity contribution in [3.05, 3.63) is 34.9 Å². The van der Waals surface area contributed by atoms with Crippen LogP contribution in [0.4, 0.5) is 0 Å². The normalized spacial score (nSPS) is 24.9. The molecule has 0 aromatic heterocycles. The number of carbonyl (C=O) groups excluding carboxylic acids is 1. The van der Waals surface area contributed by atoms with E-state index in [1.165, 1.54) is 25.7 Å². The van der Waals surface area contributed by atoms with Gasteiger partial charge in [0.05, 0.1) is 6.54 Å². The standard InChI is InChI=1S/C16H21ClN2O/c17-13-7-5-6-12(10-13)16-18-11-15(20)19(16)14-8-3-1-2-4-9-14/h5-7,10,14,16,18H,1-4,8-9,11H2. The highest BCUT2D eigenvalue weighted by molar-refractivity contribution is 6.30. The third-order valence-electron chi connectivity index (χ3n) is 4.40. The Morgan fingerprint density at radius 2 is 1.90 bits per heavy atom. The van der Waals surface area contributed by atoms with Gasteiger partial charge in [0.15, 0.2) is 0 Å². The summed E-state index contributed by atoms with van der Waals surface area (Å²) in [4.78, 5) is 14.4. The average molecular weight is 293 g/mol. The number of carbonyl (C=O) groups is 1. The maximum absolute atomic E-state index is 12.3. The fraction of sp³-hybridized carbons (Fsp3) is 0.562. The van der Waals surface area contributed by atoms with E-state index < -0.39 is 0 Å². The lowest BCUT2D eigenvalue weighted by Crippen LogP contribution is -2.39. The summed E-state index contributed by atoms with van der Waals surface area (Å²) in [6, 6.07) is 8.21. The van der Waals surface area contributed by atoms with Gasteiger partial charge in [0.25, 0.3) is 0 Å². The summed E-state index contributed by atoms with van der Waals surface area (Å²) in [6.45, 7) is 0.438. The molecule has 0 spiro atoms. The number of hydrogen-bond acceptors (Lipinski definition) is 2. The van der Waals surface area contributed by atoms with E-state index >= 15 is 0 Å². The van der Waals surface area contributed by atoms with Gasteiger partial charge in [0.1, 0.15) is 6.17 Å². The monoisotopic (exact) mass is 292 g/mol. The van der Waals surface area contributed by atoms with Crippen LogP contribution in [0, 0.1) is 0 Å². The molecule has 1 unspecified atom stereocenters. The fourth-order valence-electron chi connectivity index (χ4n) is 3.42. The van der Waals surface area contributed by atoms with Gasteiger partial charge >= 0.3 is 0 Å². The van der Waals surface area contributed by atoms with E-state index in [2.05, 4.69) is 10.2 Å². The van der Waals surface area contributed by atoms with Crippen LogP contribution in [0.25, 0.3) is 0 Å². The molecule has 4 heteroatoms. The highest BCUT2D eigenvalue weighted by Crippen LogP contribution is 2.31. The van der Waals surface area contributed by atoms with Crippen molar-refractivity contribution in [3.63, 3.8) is 0 Å². The molecule has 3 rings (SSSR count). The van der Waals surface area contributed by atoms with E-state index in [9.17, 15) is 4.79 Å². The quantitative estimate of drug-likeness (QED) is 0.846. The van der Waals surface area contributed by atoms with Crippen LogP contribution in [0.2, 0.25) is 5.02 Å². The van der Waals surface area contributed by atoms with E-state index in [1.54, 1.807) is 0 Å². The summed E-state index contributed by atoms with van der Waals surface area (Å²) in [5.41, 5.74) is 1.09. The second-order valence-corrected chi connectivity index (χ2v) is 6.22. The molecule has 1 saturated heterocycles. The van der Waals surface area contributed by atoms with Crippen LogP contribution >= 0.6 is 11.6 Å². The molecule has 1 saturated carbocycles. The zero-order chi connectivity index (χ0) is 13.9. The minimum atomic E-state index is -0.00991. The Balaban J connectivity index is 1.84. The lowest BCUT2D eigenvalue weighted by atomic mass is 10.0. The number of nitrogens with one attached hydrogen (secondary N) is 1. The Bertz CT molecular complexity index is 483. The molecule has 1 atom stereocenters. The smallest absolute Gasteiger partial charge is 0.238 e. The number of benzene rings is 1. The maximum Gasteiger partial charge on any atom is 0.238 e. The molecule has 1 N–H and O–H groups in total. The number of amides is 1. The van der Waals surface area contributed by atoms with Crippen LogP contribution in [0.15, 0.2) is 24.3 Å². The third-order valence-corrected chi connectivity index (χ3v) is 4.63. The van der Waals surface area contributed by atoms with Gasteiger partial charge in [-0.2, -0.15) is 0 Å². The molecule has 1 amide bonds. The van der Waals surface area contributed by atoms with Crippen LogP contribution in [-0.4, -0.2) is 23.4 Å². The number of hydrogen-bond donors (Lipinski definition) is 1. The summed E-state index contributed by atoms with van der Waals surface area (Å²) in [5.74, 6) is 0.224. The van der Waals surface area contributed by atoms with Gasteiger partial charge in [0.2, 0.25) is 5.91 Å². The van der Waals surface area contributed by atoms with Gasteiger partial charge in [-0.1, -0.05) is 49.4 Å². The largest absolute Gasteiger partial charge is 0.319 e. The molecular weight excluding hydrogens is 272 g/mol. The van der Waals surface area contributed by atoms with Crippen molar-refractivity contribution in [1.82, 2.24) is 10.2 Å². The molecule has 1 aromatic carbocycles. The van der Waals surface area contributed by atoms with Crippen molar-refractivity contribution in [2.75, 3.05) is 6.54 Å². The summed E-state index contributed by atoms with van der Waals surface area (Å²) < 4.78 is 0. The SMILES string of the molecule is O=C1CNC(c2cccc(Cl)c2)N1C1CCCCCC1. The highest BCUT2D eigenvalue weighted by atomic mass is 35.5. The maximum atomic E-state index is 12.3. The van der Waals surface area contributed by atoms with Crippen molar-refractivity contribution < 1.29 is 4.79 Å². The topological polar surface area (TPSA) is 32.3 Å². The molecule has 1 aliphatic heterocycles. The van der Waals surface area contributed by atoms with Crippen molar-refractivity contribution in [1.29, 1.82) is 0 Å². The van der Waals surface area contributed by atoms with Gasteiger partial charge in [-0.25, -0.2) is 0 Å². The predicted molar refractivity (Wildman–Crippen MR) is 80.5 cm³/mol. The second kappa shape index (κ2) is 6.15. The van der Waals surface area contributed by atoms with Crippen molar-refractivity contribution in [2.24, 2.45) is 0 Å². The van der Waals surface area contributed by atoms with Gasteiger partial charge < -0.3 is 4.90 Å². The lowest BCUT2D eigenvalue weighted by Gasteiger charge is -2.32. The van der Waals surface area contributed by atoms with E-state index in [4.69, 9.17) is 11.6 Å². The lowest BCUT2D eigenvalue weighted by molar-refractivity contribution is -0.130. The molecule has 108 valence electrons. The molecule has 0 radical (unpaired) electrons. The van der Waals surface area contributed by atoms with Crippen LogP contribution in [-0.2, 0) is 4.79 Å². The van der Waals surface area contributed by atoms with E-state index in [0.717, 1.165) is 23.4 Å². The average Bonchev–Trinajstić information content (AvgIpc) is 2.66. The van der Waals surface area contributed by atoms with E-state index in [1.807, 2.05) is 24.3 Å². The van der Waals surface area contributed by atoms with Crippen LogP contribution in [0.1, 0.15) is 50.3 Å². The van der Waals surface area contributed by atoms with Gasteiger partial charge in [-0.3, -0.25) is 10.1 Å². The molecule has 0 bridgehead atoms. The summed E-state index contributed by atoms with van der Waals surface area (Å²) >= 11 is 6.09. The van der Waals surface area contributed by atoms with Crippen LogP contribution in [0.5, 0.6) is 0 Å². The summed E-state index contributed by atoms with van der Waals surface area (Å²) in [5, 5.41) is 4.06. The Labute approximate surface area is 125 Å². The molecule has 2 fully saturated rings. The van der Waals surface area contributed by atoms with Crippen molar-refractivity contribution in [2.45, 2.75) is 50.7 Å². The van der Waals surface area contributed by atoms with Gasteiger partial charge in [-0.05, 0) is 30.5 Å². The second-order valence-electron chi connectivity index (χ2n) is 5.78. The number of rotatable bonds is 2. The van der Waals surface area contributed by atoms with E-state index in [-0.39, 0.29) is 12.1 Å². The third kappa shape index (κ3) is 2.84. The zero-order valence-corrected chi connectivity index (χ0v) is 12.4. The molecule has 1 aromatic rings. The Hall–Kier alpha value is -1.06. The van der Waals surface area contributed by atoms with Gasteiger partial charge in [-0.15, -0.1) is 0 Å². The Morgan fingerprint density at radius 1 is 1.15 bits per heavy atom. The number of halogens is 1. The molecule has 1 heterocycles. The van der Waals surface area contributed by atoms with Crippen LogP contribution < -0.4 is 5.32 Å². The zero-order valence-electron chi connectivity index (χ0n) is 11.6. The molecule has 20 heavy (non-hydrogen) atoms. The predicted octanol–water partition coefficient (Wildman–Crippen LogP) is 3.49. The van der Waals surface area contributed by atoms with Crippen LogP contribution in [0.3, 0.4) is 0 Å². The first-order valence-corrected chi connectivity index (χ1v) is 7.93. The summed E-state index contributed by atoms with van der Waals surface area (Å²) in [7, 11) is 0. The highest BCUT2D eigenvalue weighted by Gasteiger charge is 2.36. The Morgan fingerprint density at radius 3 is 2.60 bits per heavy atom. The first-order chi connectivity index (χ1) is 9.75. The Kier molecular flexibility index (Phi) is 4.27. The fourth-order valence-corrected chi connectivity index (χ4v) is 3.62. The van der Waals surface area contributed by atoms with Gasteiger partial charge in [0, 0.05) is 11.1 Å². The van der Waals surface area contributed by atoms with E-state index in [0.29, 0.717) is 12.6 Å². The molecule has 3 nitrogen and oxygen atoms in total. The molecular formula is C16H21ClN2O. The van der Waals surface area contributed by atoms with Crippen molar-refractivity contribution in [3.8, 4) is 0 Å².